The highest BCUT2D eigenvalue weighted by Crippen LogP contribution is 2.33. The first kappa shape index (κ1) is 17.6. The van der Waals surface area contributed by atoms with Crippen LogP contribution in [-0.4, -0.2) is 52.2 Å². The number of ether oxygens (including phenoxy) is 2. The molecule has 1 aliphatic rings. The van der Waals surface area contributed by atoms with Gasteiger partial charge in [0.1, 0.15) is 17.4 Å². The number of esters is 1. The Balaban J connectivity index is 2.01. The van der Waals surface area contributed by atoms with Gasteiger partial charge in [-0.25, -0.2) is 4.79 Å². The topological polar surface area (TPSA) is 94.8 Å². The van der Waals surface area contributed by atoms with Crippen molar-refractivity contribution in [3.8, 4) is 0 Å². The highest BCUT2D eigenvalue weighted by atomic mass is 32.2. The number of methoxy groups -OCH3 is 1. The van der Waals surface area contributed by atoms with Crippen molar-refractivity contribution in [2.75, 3.05) is 19.4 Å². The maximum Gasteiger partial charge on any atom is 0.410 e. The second kappa shape index (κ2) is 7.20. The SMILES string of the molecule is COC(=O)CSc1nnc([C@H]2CCCN2C(=O)OC(C)(C)C)o1. The molecule has 0 bridgehead atoms. The Morgan fingerprint density at radius 3 is 2.78 bits per heavy atom. The summed E-state index contributed by atoms with van der Waals surface area (Å²) in [4.78, 5) is 25.0. The molecule has 23 heavy (non-hydrogen) atoms. The third kappa shape index (κ3) is 4.85. The fourth-order valence-electron chi connectivity index (χ4n) is 2.16. The minimum atomic E-state index is -0.555. The first-order chi connectivity index (χ1) is 10.8. The van der Waals surface area contributed by atoms with Gasteiger partial charge in [-0.3, -0.25) is 9.69 Å². The van der Waals surface area contributed by atoms with Crippen molar-refractivity contribution in [1.82, 2.24) is 15.1 Å². The van der Waals surface area contributed by atoms with E-state index < -0.39 is 5.60 Å². The lowest BCUT2D eigenvalue weighted by atomic mass is 10.2. The fourth-order valence-corrected chi connectivity index (χ4v) is 2.76. The molecule has 1 aliphatic heterocycles. The second-order valence-corrected chi connectivity index (χ2v) is 7.03. The van der Waals surface area contributed by atoms with Crippen LogP contribution in [0, 0.1) is 0 Å². The zero-order valence-corrected chi connectivity index (χ0v) is 14.5. The third-order valence-corrected chi connectivity index (χ3v) is 3.92. The van der Waals surface area contributed by atoms with Gasteiger partial charge in [0.2, 0.25) is 5.89 Å². The summed E-state index contributed by atoms with van der Waals surface area (Å²) in [6.45, 7) is 6.06. The molecule has 0 N–H and O–H groups in total. The molecule has 1 aromatic heterocycles. The van der Waals surface area contributed by atoms with Crippen LogP contribution in [0.3, 0.4) is 0 Å². The van der Waals surface area contributed by atoms with Gasteiger partial charge in [0.15, 0.2) is 0 Å². The Morgan fingerprint density at radius 2 is 2.13 bits per heavy atom. The van der Waals surface area contributed by atoms with E-state index in [2.05, 4.69) is 14.9 Å². The molecule has 0 saturated carbocycles. The standard InChI is InChI=1S/C14H21N3O5S/c1-14(2,3)22-13(19)17-7-5-6-9(17)11-15-16-12(21-11)23-8-10(18)20-4/h9H,5-8H2,1-4H3/t9-/m1/s1. The van der Waals surface area contributed by atoms with Gasteiger partial charge in [-0.1, -0.05) is 11.8 Å². The Labute approximate surface area is 138 Å². The van der Waals surface area contributed by atoms with Gasteiger partial charge in [0, 0.05) is 6.54 Å². The Bertz CT molecular complexity index is 569. The van der Waals surface area contributed by atoms with Crippen molar-refractivity contribution in [3.05, 3.63) is 5.89 Å². The zero-order valence-electron chi connectivity index (χ0n) is 13.7. The van der Waals surface area contributed by atoms with Gasteiger partial charge in [-0.05, 0) is 33.6 Å². The van der Waals surface area contributed by atoms with E-state index in [0.29, 0.717) is 12.4 Å². The summed E-state index contributed by atoms with van der Waals surface area (Å²) in [7, 11) is 1.32. The average molecular weight is 343 g/mol. The smallest absolute Gasteiger partial charge is 0.410 e. The van der Waals surface area contributed by atoms with Crippen LogP contribution in [0.15, 0.2) is 9.64 Å². The van der Waals surface area contributed by atoms with Gasteiger partial charge in [-0.15, -0.1) is 10.2 Å². The summed E-state index contributed by atoms with van der Waals surface area (Å²) < 4.78 is 15.5. The first-order valence-electron chi connectivity index (χ1n) is 7.33. The van der Waals surface area contributed by atoms with Crippen LogP contribution in [-0.2, 0) is 14.3 Å². The fraction of sp³-hybridized carbons (Fsp3) is 0.714. The lowest BCUT2D eigenvalue weighted by Crippen LogP contribution is -2.36. The number of hydrogen-bond acceptors (Lipinski definition) is 8. The van der Waals surface area contributed by atoms with E-state index in [0.717, 1.165) is 24.6 Å². The van der Waals surface area contributed by atoms with Crippen LogP contribution in [0.2, 0.25) is 0 Å². The highest BCUT2D eigenvalue weighted by Gasteiger charge is 2.36. The molecule has 1 saturated heterocycles. The molecule has 0 aliphatic carbocycles. The van der Waals surface area contributed by atoms with E-state index >= 15 is 0 Å². The Kier molecular flexibility index (Phi) is 5.51. The van der Waals surface area contributed by atoms with E-state index in [9.17, 15) is 9.59 Å². The number of carbonyl (C=O) groups excluding carboxylic acids is 2. The third-order valence-electron chi connectivity index (χ3n) is 3.13. The van der Waals surface area contributed by atoms with Crippen LogP contribution in [0.4, 0.5) is 4.79 Å². The van der Waals surface area contributed by atoms with E-state index in [1.807, 2.05) is 20.8 Å². The first-order valence-corrected chi connectivity index (χ1v) is 8.31. The predicted octanol–water partition coefficient (Wildman–Crippen LogP) is 2.41. The summed E-state index contributed by atoms with van der Waals surface area (Å²) >= 11 is 1.10. The molecule has 0 unspecified atom stereocenters. The molecule has 1 atom stereocenters. The molecular formula is C14H21N3O5S. The number of amides is 1. The van der Waals surface area contributed by atoms with Crippen molar-refractivity contribution in [2.24, 2.45) is 0 Å². The molecular weight excluding hydrogens is 322 g/mol. The van der Waals surface area contributed by atoms with Crippen LogP contribution in [0.25, 0.3) is 0 Å². The van der Waals surface area contributed by atoms with Crippen LogP contribution < -0.4 is 0 Å². The summed E-state index contributed by atoms with van der Waals surface area (Å²) in [5.41, 5.74) is -0.555. The molecule has 0 radical (unpaired) electrons. The number of hydrogen-bond donors (Lipinski definition) is 0. The summed E-state index contributed by atoms with van der Waals surface area (Å²) in [6.07, 6.45) is 1.20. The molecule has 128 valence electrons. The average Bonchev–Trinajstić information content (AvgIpc) is 3.11. The minimum Gasteiger partial charge on any atom is -0.468 e. The molecule has 8 nitrogen and oxygen atoms in total. The predicted molar refractivity (Wildman–Crippen MR) is 82.0 cm³/mol. The summed E-state index contributed by atoms with van der Waals surface area (Å²) in [5, 5.41) is 8.17. The normalized spacial score (nSPS) is 18.1. The van der Waals surface area contributed by atoms with Gasteiger partial charge in [0.25, 0.3) is 5.22 Å². The van der Waals surface area contributed by atoms with E-state index in [1.54, 1.807) is 4.90 Å². The quantitative estimate of drug-likeness (QED) is 0.607. The number of thioether (sulfide) groups is 1. The van der Waals surface area contributed by atoms with Crippen molar-refractivity contribution >= 4 is 23.8 Å². The van der Waals surface area contributed by atoms with Gasteiger partial charge in [-0.2, -0.15) is 0 Å². The maximum absolute atomic E-state index is 12.3. The second-order valence-electron chi connectivity index (χ2n) is 6.10. The Hall–Kier alpha value is -1.77. The molecule has 9 heteroatoms. The van der Waals surface area contributed by atoms with E-state index in [-0.39, 0.29) is 29.1 Å². The van der Waals surface area contributed by atoms with Gasteiger partial charge in [0.05, 0.1) is 7.11 Å². The van der Waals surface area contributed by atoms with E-state index in [4.69, 9.17) is 9.15 Å². The Morgan fingerprint density at radius 1 is 1.39 bits per heavy atom. The molecule has 0 spiro atoms. The number of aromatic nitrogens is 2. The molecule has 2 heterocycles. The largest absolute Gasteiger partial charge is 0.468 e. The molecule has 0 aromatic carbocycles. The summed E-state index contributed by atoms with van der Waals surface area (Å²) in [5.74, 6) is 0.0881. The monoisotopic (exact) mass is 343 g/mol. The molecule has 1 amide bonds. The van der Waals surface area contributed by atoms with Crippen molar-refractivity contribution < 1.29 is 23.5 Å². The van der Waals surface area contributed by atoms with Crippen LogP contribution >= 0.6 is 11.8 Å². The van der Waals surface area contributed by atoms with E-state index in [1.165, 1.54) is 7.11 Å². The molecule has 1 fully saturated rings. The summed E-state index contributed by atoms with van der Waals surface area (Å²) in [6, 6.07) is -0.287. The lowest BCUT2D eigenvalue weighted by Gasteiger charge is -2.27. The van der Waals surface area contributed by atoms with Crippen molar-refractivity contribution in [3.63, 3.8) is 0 Å². The van der Waals surface area contributed by atoms with Gasteiger partial charge < -0.3 is 13.9 Å². The van der Waals surface area contributed by atoms with Crippen LogP contribution in [0.1, 0.15) is 45.5 Å². The van der Waals surface area contributed by atoms with Gasteiger partial charge >= 0.3 is 12.1 Å². The van der Waals surface area contributed by atoms with Crippen molar-refractivity contribution in [1.29, 1.82) is 0 Å². The highest BCUT2D eigenvalue weighted by molar-refractivity contribution is 7.99. The zero-order chi connectivity index (χ0) is 17.0. The van der Waals surface area contributed by atoms with Crippen LogP contribution in [0.5, 0.6) is 0 Å². The molecule has 2 rings (SSSR count). The maximum atomic E-state index is 12.3. The minimum absolute atomic E-state index is 0.0958. The lowest BCUT2D eigenvalue weighted by molar-refractivity contribution is -0.137. The number of carbonyl (C=O) groups is 2. The van der Waals surface area contributed by atoms with Crippen molar-refractivity contribution in [2.45, 2.75) is 50.5 Å². The number of nitrogens with zero attached hydrogens (tertiary/aromatic N) is 3. The molecule has 1 aromatic rings. The number of rotatable bonds is 4. The number of likely N-dealkylation sites (tertiary alicyclic amines) is 1.